The van der Waals surface area contributed by atoms with Gasteiger partial charge in [0.2, 0.25) is 10.0 Å². The fraction of sp³-hybridized carbons (Fsp3) is 0.667. The molecule has 0 saturated carbocycles. The van der Waals surface area contributed by atoms with Crippen LogP contribution < -0.4 is 10.2 Å². The summed E-state index contributed by atoms with van der Waals surface area (Å²) < 4.78 is 27.4. The van der Waals surface area contributed by atoms with Gasteiger partial charge in [-0.15, -0.1) is 0 Å². The van der Waals surface area contributed by atoms with Crippen molar-refractivity contribution in [1.29, 1.82) is 0 Å². The third kappa shape index (κ3) is 5.33. The van der Waals surface area contributed by atoms with Crippen LogP contribution >= 0.6 is 0 Å². The minimum atomic E-state index is -3.50. The first-order chi connectivity index (χ1) is 13.4. The number of sulfonamides is 1. The van der Waals surface area contributed by atoms with Crippen LogP contribution in [0.25, 0.3) is 0 Å². The number of hydrogen-bond donors (Lipinski definition) is 2. The van der Waals surface area contributed by atoms with Crippen molar-refractivity contribution >= 4 is 15.9 Å². The van der Waals surface area contributed by atoms with Gasteiger partial charge < -0.3 is 10.2 Å². The molecule has 28 heavy (non-hydrogen) atoms. The number of rotatable bonds is 7. The van der Waals surface area contributed by atoms with E-state index in [9.17, 15) is 13.2 Å². The highest BCUT2D eigenvalue weighted by atomic mass is 32.2. The Morgan fingerprint density at radius 2 is 1.71 bits per heavy atom. The summed E-state index contributed by atoms with van der Waals surface area (Å²) in [7, 11) is -3.50. The molecule has 0 bridgehead atoms. The van der Waals surface area contributed by atoms with Crippen molar-refractivity contribution in [1.82, 2.24) is 9.62 Å². The molecule has 2 atom stereocenters. The fourth-order valence-electron chi connectivity index (χ4n) is 4.50. The lowest BCUT2D eigenvalue weighted by Gasteiger charge is -2.34. The number of piperidine rings is 1. The monoisotopic (exact) mass is 408 g/mol. The van der Waals surface area contributed by atoms with Crippen LogP contribution in [0, 0.1) is 11.8 Å². The van der Waals surface area contributed by atoms with Gasteiger partial charge in [-0.25, -0.2) is 8.42 Å². The summed E-state index contributed by atoms with van der Waals surface area (Å²) in [5.41, 5.74) is 0.507. The second-order valence-electron chi connectivity index (χ2n) is 8.61. The van der Waals surface area contributed by atoms with E-state index in [1.165, 1.54) is 25.9 Å². The topological polar surface area (TPSA) is 70.9 Å². The zero-order valence-corrected chi connectivity index (χ0v) is 17.9. The van der Waals surface area contributed by atoms with E-state index in [1.807, 2.05) is 0 Å². The molecule has 0 aromatic heterocycles. The largest absolute Gasteiger partial charge is 0.352 e. The second kappa shape index (κ2) is 9.37. The number of quaternary nitrogens is 1. The fourth-order valence-corrected chi connectivity index (χ4v) is 6.18. The van der Waals surface area contributed by atoms with Gasteiger partial charge in [0.15, 0.2) is 0 Å². The highest BCUT2D eigenvalue weighted by molar-refractivity contribution is 7.89. The molecule has 2 aliphatic rings. The smallest absolute Gasteiger partial charge is 0.251 e. The maximum Gasteiger partial charge on any atom is 0.251 e. The Morgan fingerprint density at radius 1 is 1.11 bits per heavy atom. The van der Waals surface area contributed by atoms with Crippen LogP contribution in [0.2, 0.25) is 0 Å². The molecule has 2 saturated heterocycles. The van der Waals surface area contributed by atoms with Gasteiger partial charge in [0, 0.05) is 44.5 Å². The number of benzene rings is 1. The highest BCUT2D eigenvalue weighted by Crippen LogP contribution is 2.26. The van der Waals surface area contributed by atoms with Crippen LogP contribution in [0.3, 0.4) is 0 Å². The van der Waals surface area contributed by atoms with E-state index in [1.54, 1.807) is 33.5 Å². The first-order valence-corrected chi connectivity index (χ1v) is 12.0. The van der Waals surface area contributed by atoms with Gasteiger partial charge in [-0.3, -0.25) is 4.79 Å². The summed E-state index contributed by atoms with van der Waals surface area (Å²) in [6, 6.07) is 6.35. The lowest BCUT2D eigenvalue weighted by Crippen LogP contribution is -3.10. The normalized spacial score (nSPS) is 24.4. The minimum Gasteiger partial charge on any atom is -0.352 e. The third-order valence-corrected chi connectivity index (χ3v) is 7.74. The molecule has 0 spiro atoms. The predicted molar refractivity (Wildman–Crippen MR) is 110 cm³/mol. The Balaban J connectivity index is 1.54. The van der Waals surface area contributed by atoms with Crippen LogP contribution in [0.5, 0.6) is 0 Å². The van der Waals surface area contributed by atoms with Gasteiger partial charge in [0.25, 0.3) is 5.91 Å². The zero-order chi connectivity index (χ0) is 20.1. The summed E-state index contributed by atoms with van der Waals surface area (Å²) in [5, 5.41) is 2.94. The molecule has 0 radical (unpaired) electrons. The van der Waals surface area contributed by atoms with Crippen molar-refractivity contribution in [2.24, 2.45) is 11.8 Å². The number of carbonyl (C=O) groups excluding carboxylic acids is 1. The number of nitrogens with one attached hydrogen (secondary N) is 2. The Bertz CT molecular complexity index is 748. The van der Waals surface area contributed by atoms with E-state index in [2.05, 4.69) is 19.2 Å². The molecule has 2 N–H and O–H groups in total. The molecule has 0 aliphatic carbocycles. The minimum absolute atomic E-state index is 0.138. The van der Waals surface area contributed by atoms with Crippen molar-refractivity contribution in [3.8, 4) is 0 Å². The van der Waals surface area contributed by atoms with Gasteiger partial charge in [-0.2, -0.15) is 4.31 Å². The molecule has 156 valence electrons. The summed E-state index contributed by atoms with van der Waals surface area (Å²) in [6.07, 6.45) is 4.65. The van der Waals surface area contributed by atoms with Crippen LogP contribution in [0.1, 0.15) is 49.9 Å². The molecule has 0 unspecified atom stereocenters. The van der Waals surface area contributed by atoms with E-state index in [0.717, 1.165) is 19.4 Å². The van der Waals surface area contributed by atoms with Crippen molar-refractivity contribution < 1.29 is 18.1 Å². The number of hydrogen-bond acceptors (Lipinski definition) is 3. The van der Waals surface area contributed by atoms with E-state index < -0.39 is 10.0 Å². The van der Waals surface area contributed by atoms with E-state index in [-0.39, 0.29) is 10.8 Å². The molecule has 3 rings (SSSR count). The molecule has 6 nitrogen and oxygen atoms in total. The van der Waals surface area contributed by atoms with Gasteiger partial charge in [0.1, 0.15) is 0 Å². The number of amides is 1. The quantitative estimate of drug-likeness (QED) is 0.665. The van der Waals surface area contributed by atoms with Gasteiger partial charge in [0.05, 0.1) is 24.5 Å². The summed E-state index contributed by atoms with van der Waals surface area (Å²) in [6.45, 7) is 9.57. The maximum absolute atomic E-state index is 12.9. The standard InChI is InChI=1S/C21H33N3O3S/c1-17-14-18(2)16-24(15-17)28(26,27)20-8-6-19(7-9-20)21(25)22-10-5-13-23-11-3-4-12-23/h6-9,17-18H,3-5,10-16H2,1-2H3,(H,22,25)/p+1/t17-,18-/m0/s1. The molecule has 1 aromatic rings. The number of nitrogens with zero attached hydrogens (tertiary/aromatic N) is 1. The van der Waals surface area contributed by atoms with Crippen LogP contribution in [0.4, 0.5) is 0 Å². The zero-order valence-electron chi connectivity index (χ0n) is 17.1. The molecular weight excluding hydrogens is 374 g/mol. The highest BCUT2D eigenvalue weighted by Gasteiger charge is 2.31. The van der Waals surface area contributed by atoms with Crippen molar-refractivity contribution in [3.05, 3.63) is 29.8 Å². The molecule has 2 fully saturated rings. The molecular formula is C21H34N3O3S+. The maximum atomic E-state index is 12.9. The lowest BCUT2D eigenvalue weighted by atomic mass is 9.94. The van der Waals surface area contributed by atoms with E-state index in [0.29, 0.717) is 37.0 Å². The SMILES string of the molecule is C[C@H]1C[C@H](C)CN(S(=O)(=O)c2ccc(C(=O)NCCC[NH+]3CCCC3)cc2)C1. The van der Waals surface area contributed by atoms with Crippen molar-refractivity contribution in [2.75, 3.05) is 39.3 Å². The Morgan fingerprint density at radius 3 is 2.32 bits per heavy atom. The predicted octanol–water partition coefficient (Wildman–Crippen LogP) is 1.15. The molecule has 7 heteroatoms. The first kappa shape index (κ1) is 21.3. The third-order valence-electron chi connectivity index (χ3n) is 5.89. The lowest BCUT2D eigenvalue weighted by molar-refractivity contribution is -0.887. The van der Waals surface area contributed by atoms with Crippen LogP contribution in [-0.4, -0.2) is 57.9 Å². The summed E-state index contributed by atoms with van der Waals surface area (Å²) in [5.74, 6) is 0.595. The summed E-state index contributed by atoms with van der Waals surface area (Å²) >= 11 is 0. The number of likely N-dealkylation sites (tertiary alicyclic amines) is 1. The Hall–Kier alpha value is -1.44. The van der Waals surface area contributed by atoms with Crippen molar-refractivity contribution in [3.63, 3.8) is 0 Å². The Labute approximate surface area is 169 Å². The van der Waals surface area contributed by atoms with E-state index >= 15 is 0 Å². The molecule has 2 heterocycles. The summed E-state index contributed by atoms with van der Waals surface area (Å²) in [4.78, 5) is 14.2. The van der Waals surface area contributed by atoms with Gasteiger partial charge in [-0.1, -0.05) is 13.8 Å². The molecule has 2 aliphatic heterocycles. The second-order valence-corrected chi connectivity index (χ2v) is 10.5. The number of carbonyl (C=O) groups is 1. The Kier molecular flexibility index (Phi) is 7.12. The van der Waals surface area contributed by atoms with Gasteiger partial charge in [-0.05, 0) is 42.5 Å². The molecule has 1 aromatic carbocycles. The van der Waals surface area contributed by atoms with E-state index in [4.69, 9.17) is 0 Å². The average Bonchev–Trinajstić information content (AvgIpc) is 3.18. The van der Waals surface area contributed by atoms with Crippen molar-refractivity contribution in [2.45, 2.75) is 44.4 Å². The molecule has 1 amide bonds. The van der Waals surface area contributed by atoms with Crippen LogP contribution in [-0.2, 0) is 10.0 Å². The average molecular weight is 409 g/mol. The van der Waals surface area contributed by atoms with Gasteiger partial charge >= 0.3 is 0 Å². The first-order valence-electron chi connectivity index (χ1n) is 10.6. The van der Waals surface area contributed by atoms with Crippen LogP contribution in [0.15, 0.2) is 29.2 Å².